The van der Waals surface area contributed by atoms with Gasteiger partial charge in [-0.05, 0) is 36.8 Å². The first-order valence-electron chi connectivity index (χ1n) is 10.0. The molecule has 1 fully saturated rings. The zero-order chi connectivity index (χ0) is 20.1. The predicted octanol–water partition coefficient (Wildman–Crippen LogP) is 3.96. The van der Waals surface area contributed by atoms with Crippen LogP contribution in [0, 0.1) is 6.92 Å². The Morgan fingerprint density at radius 1 is 0.931 bits per heavy atom. The summed E-state index contributed by atoms with van der Waals surface area (Å²) in [6, 6.07) is 22.5. The second-order valence-electron chi connectivity index (χ2n) is 7.39. The second kappa shape index (κ2) is 8.78. The van der Waals surface area contributed by atoms with Crippen LogP contribution in [0.5, 0.6) is 0 Å². The number of nitrogens with one attached hydrogen (secondary N) is 1. The number of benzene rings is 2. The quantitative estimate of drug-likeness (QED) is 0.721. The van der Waals surface area contributed by atoms with Gasteiger partial charge < -0.3 is 15.1 Å². The monoisotopic (exact) mass is 386 g/mol. The Morgan fingerprint density at radius 3 is 2.31 bits per heavy atom. The number of aromatic nitrogens is 1. The highest BCUT2D eigenvalue weighted by Gasteiger charge is 2.23. The average molecular weight is 386 g/mol. The highest BCUT2D eigenvalue weighted by molar-refractivity contribution is 5.92. The van der Waals surface area contributed by atoms with Crippen LogP contribution < -0.4 is 10.2 Å². The van der Waals surface area contributed by atoms with E-state index < -0.39 is 0 Å². The van der Waals surface area contributed by atoms with E-state index in [-0.39, 0.29) is 5.91 Å². The van der Waals surface area contributed by atoms with Crippen LogP contribution in [-0.2, 0) is 6.54 Å². The minimum Gasteiger partial charge on any atom is -0.380 e. The van der Waals surface area contributed by atoms with Gasteiger partial charge in [-0.15, -0.1) is 0 Å². The number of anilines is 2. The van der Waals surface area contributed by atoms with Crippen molar-refractivity contribution in [2.45, 2.75) is 13.5 Å². The number of hydrogen-bond donors (Lipinski definition) is 1. The maximum absolute atomic E-state index is 12.8. The summed E-state index contributed by atoms with van der Waals surface area (Å²) in [6.07, 6.45) is 1.74. The van der Waals surface area contributed by atoms with E-state index in [9.17, 15) is 4.79 Å². The Morgan fingerprint density at radius 2 is 1.66 bits per heavy atom. The Hall–Kier alpha value is -3.34. The molecule has 5 nitrogen and oxygen atoms in total. The van der Waals surface area contributed by atoms with Gasteiger partial charge in [0.25, 0.3) is 5.91 Å². The molecule has 29 heavy (non-hydrogen) atoms. The van der Waals surface area contributed by atoms with Gasteiger partial charge in [-0.2, -0.15) is 0 Å². The van der Waals surface area contributed by atoms with Gasteiger partial charge in [-0.25, -0.2) is 4.98 Å². The Kier molecular flexibility index (Phi) is 5.75. The van der Waals surface area contributed by atoms with E-state index >= 15 is 0 Å². The molecule has 0 saturated carbocycles. The number of carbonyl (C=O) groups is 1. The highest BCUT2D eigenvalue weighted by Crippen LogP contribution is 2.17. The standard InChI is InChI=1S/C24H26N4O/c1-19-7-9-20(10-8-19)17-25-21-11-12-23(26-18-21)24(29)28-15-13-27(14-16-28)22-5-3-2-4-6-22/h2-12,18,25H,13-17H2,1H3. The van der Waals surface area contributed by atoms with Crippen LogP contribution in [0.2, 0.25) is 0 Å². The van der Waals surface area contributed by atoms with Crippen molar-refractivity contribution in [3.8, 4) is 0 Å². The van der Waals surface area contributed by atoms with E-state index in [2.05, 4.69) is 58.5 Å². The van der Waals surface area contributed by atoms with Gasteiger partial charge in [0, 0.05) is 38.4 Å². The Balaban J connectivity index is 1.31. The lowest BCUT2D eigenvalue weighted by molar-refractivity contribution is 0.0741. The van der Waals surface area contributed by atoms with Crippen molar-refractivity contribution in [3.05, 3.63) is 89.7 Å². The van der Waals surface area contributed by atoms with Crippen molar-refractivity contribution in [2.24, 2.45) is 0 Å². The average Bonchev–Trinajstić information content (AvgIpc) is 2.79. The molecule has 1 amide bonds. The summed E-state index contributed by atoms with van der Waals surface area (Å²) in [7, 11) is 0. The molecule has 148 valence electrons. The van der Waals surface area contributed by atoms with Crippen LogP contribution in [0.15, 0.2) is 72.9 Å². The molecule has 0 spiro atoms. The third-order valence-electron chi connectivity index (χ3n) is 5.29. The lowest BCUT2D eigenvalue weighted by Gasteiger charge is -2.36. The van der Waals surface area contributed by atoms with Gasteiger partial charge in [0.1, 0.15) is 5.69 Å². The first-order valence-corrected chi connectivity index (χ1v) is 10.0. The predicted molar refractivity (Wildman–Crippen MR) is 117 cm³/mol. The molecule has 4 rings (SSSR count). The first-order chi connectivity index (χ1) is 14.2. The Labute approximate surface area is 172 Å². The first kappa shape index (κ1) is 19.0. The van der Waals surface area contributed by atoms with Crippen LogP contribution in [0.3, 0.4) is 0 Å². The maximum Gasteiger partial charge on any atom is 0.272 e. The number of amides is 1. The van der Waals surface area contributed by atoms with Crippen molar-refractivity contribution in [2.75, 3.05) is 36.4 Å². The number of rotatable bonds is 5. The van der Waals surface area contributed by atoms with E-state index in [0.29, 0.717) is 18.8 Å². The third-order valence-corrected chi connectivity index (χ3v) is 5.29. The number of pyridine rings is 1. The van der Waals surface area contributed by atoms with Crippen LogP contribution in [0.4, 0.5) is 11.4 Å². The van der Waals surface area contributed by atoms with Crippen molar-refractivity contribution >= 4 is 17.3 Å². The third kappa shape index (κ3) is 4.74. The SMILES string of the molecule is Cc1ccc(CNc2ccc(C(=O)N3CCN(c4ccccc4)CC3)nc2)cc1. The number of piperazine rings is 1. The molecule has 0 atom stereocenters. The number of carbonyl (C=O) groups excluding carboxylic acids is 1. The van der Waals surface area contributed by atoms with Crippen molar-refractivity contribution in [3.63, 3.8) is 0 Å². The number of aryl methyl sites for hydroxylation is 1. The van der Waals surface area contributed by atoms with E-state index in [1.165, 1.54) is 16.8 Å². The molecule has 0 bridgehead atoms. The number of para-hydroxylation sites is 1. The van der Waals surface area contributed by atoms with Gasteiger partial charge in [-0.3, -0.25) is 4.79 Å². The summed E-state index contributed by atoms with van der Waals surface area (Å²) in [6.45, 7) is 5.92. The summed E-state index contributed by atoms with van der Waals surface area (Å²) in [4.78, 5) is 21.4. The molecule has 2 aromatic carbocycles. The Bertz CT molecular complexity index is 931. The molecule has 1 aromatic heterocycles. The molecular formula is C24H26N4O. The van der Waals surface area contributed by atoms with Crippen molar-refractivity contribution in [1.82, 2.24) is 9.88 Å². The summed E-state index contributed by atoms with van der Waals surface area (Å²) in [5.41, 5.74) is 5.09. The van der Waals surface area contributed by atoms with Crippen LogP contribution in [0.1, 0.15) is 21.6 Å². The molecule has 0 unspecified atom stereocenters. The van der Waals surface area contributed by atoms with Crippen LogP contribution in [0.25, 0.3) is 0 Å². The second-order valence-corrected chi connectivity index (χ2v) is 7.39. The van der Waals surface area contributed by atoms with Crippen molar-refractivity contribution < 1.29 is 4.79 Å². The topological polar surface area (TPSA) is 48.5 Å². The molecule has 3 aromatic rings. The molecule has 0 radical (unpaired) electrons. The zero-order valence-corrected chi connectivity index (χ0v) is 16.7. The summed E-state index contributed by atoms with van der Waals surface area (Å²) < 4.78 is 0. The molecule has 1 aliphatic rings. The fraction of sp³-hybridized carbons (Fsp3) is 0.250. The fourth-order valence-corrected chi connectivity index (χ4v) is 3.50. The van der Waals surface area contributed by atoms with E-state index in [4.69, 9.17) is 0 Å². The van der Waals surface area contributed by atoms with Crippen molar-refractivity contribution in [1.29, 1.82) is 0 Å². The zero-order valence-electron chi connectivity index (χ0n) is 16.7. The number of hydrogen-bond acceptors (Lipinski definition) is 4. The molecule has 0 aliphatic carbocycles. The lowest BCUT2D eigenvalue weighted by Crippen LogP contribution is -2.49. The van der Waals surface area contributed by atoms with Gasteiger partial charge in [0.05, 0.1) is 11.9 Å². The normalized spacial score (nSPS) is 14.0. The summed E-state index contributed by atoms with van der Waals surface area (Å²) >= 11 is 0. The van der Waals surface area contributed by atoms with Gasteiger partial charge in [-0.1, -0.05) is 48.0 Å². The molecule has 1 aliphatic heterocycles. The summed E-state index contributed by atoms with van der Waals surface area (Å²) in [5.74, 6) is 0.00259. The smallest absolute Gasteiger partial charge is 0.272 e. The maximum atomic E-state index is 12.8. The number of nitrogens with zero attached hydrogens (tertiary/aromatic N) is 3. The van der Waals surface area contributed by atoms with Crippen LogP contribution in [-0.4, -0.2) is 42.0 Å². The molecule has 2 heterocycles. The van der Waals surface area contributed by atoms with Crippen LogP contribution >= 0.6 is 0 Å². The van der Waals surface area contributed by atoms with E-state index in [1.807, 2.05) is 35.2 Å². The minimum atomic E-state index is 0.00259. The van der Waals surface area contributed by atoms with E-state index in [0.717, 1.165) is 25.3 Å². The molecule has 1 N–H and O–H groups in total. The van der Waals surface area contributed by atoms with E-state index in [1.54, 1.807) is 6.20 Å². The van der Waals surface area contributed by atoms with Gasteiger partial charge in [0.2, 0.25) is 0 Å². The molecule has 1 saturated heterocycles. The summed E-state index contributed by atoms with van der Waals surface area (Å²) in [5, 5.41) is 3.36. The molecule has 5 heteroatoms. The lowest BCUT2D eigenvalue weighted by atomic mass is 10.1. The van der Waals surface area contributed by atoms with Gasteiger partial charge >= 0.3 is 0 Å². The molecular weight excluding hydrogens is 360 g/mol. The minimum absolute atomic E-state index is 0.00259. The highest BCUT2D eigenvalue weighted by atomic mass is 16.2. The van der Waals surface area contributed by atoms with Gasteiger partial charge in [0.15, 0.2) is 0 Å². The largest absolute Gasteiger partial charge is 0.380 e. The fourth-order valence-electron chi connectivity index (χ4n) is 3.50.